The molecule has 19 heavy (non-hydrogen) atoms. The fourth-order valence-electron chi connectivity index (χ4n) is 1.47. The number of carbonyl (C=O) groups excluding carboxylic acids is 1. The van der Waals surface area contributed by atoms with Gasteiger partial charge in [0.05, 0.1) is 12.2 Å². The Labute approximate surface area is 113 Å². The predicted octanol–water partition coefficient (Wildman–Crippen LogP) is 2.20. The van der Waals surface area contributed by atoms with Crippen LogP contribution < -0.4 is 11.1 Å². The highest BCUT2D eigenvalue weighted by molar-refractivity contribution is 5.95. The molecule has 1 rings (SSSR count). The van der Waals surface area contributed by atoms with E-state index < -0.39 is 11.7 Å². The number of nitrogens with two attached hydrogens (primary N) is 1. The predicted molar refractivity (Wildman–Crippen MR) is 73.4 cm³/mol. The Morgan fingerprint density at radius 3 is 2.84 bits per heavy atom. The minimum Gasteiger partial charge on any atom is -0.399 e. The lowest BCUT2D eigenvalue weighted by Crippen LogP contribution is -2.28. The minimum atomic E-state index is -0.576. The Kier molecular flexibility index (Phi) is 6.29. The molecule has 0 aromatic heterocycles. The fourth-order valence-corrected chi connectivity index (χ4v) is 1.47. The van der Waals surface area contributed by atoms with Gasteiger partial charge in [0.2, 0.25) is 0 Å². The number of halogens is 1. The Bertz CT molecular complexity index is 422. The highest BCUT2D eigenvalue weighted by atomic mass is 19.1. The van der Waals surface area contributed by atoms with Gasteiger partial charge in [-0.2, -0.15) is 0 Å². The van der Waals surface area contributed by atoms with Crippen molar-refractivity contribution in [2.24, 2.45) is 5.92 Å². The van der Waals surface area contributed by atoms with Crippen molar-refractivity contribution in [3.63, 3.8) is 0 Å². The SMILES string of the molecule is CC(C)CCOCCNC(=O)c1cc(N)ccc1F. The summed E-state index contributed by atoms with van der Waals surface area (Å²) in [5.41, 5.74) is 5.84. The largest absolute Gasteiger partial charge is 0.399 e. The van der Waals surface area contributed by atoms with Crippen LogP contribution in [0.2, 0.25) is 0 Å². The van der Waals surface area contributed by atoms with E-state index in [1.807, 2.05) is 0 Å². The quantitative estimate of drug-likeness (QED) is 0.588. The van der Waals surface area contributed by atoms with Crippen LogP contribution in [0.1, 0.15) is 30.6 Å². The van der Waals surface area contributed by atoms with Gasteiger partial charge in [0.15, 0.2) is 0 Å². The number of nitrogens with one attached hydrogen (secondary N) is 1. The van der Waals surface area contributed by atoms with E-state index in [9.17, 15) is 9.18 Å². The average molecular weight is 268 g/mol. The number of ether oxygens (including phenoxy) is 1. The van der Waals surface area contributed by atoms with Crippen molar-refractivity contribution in [1.82, 2.24) is 5.32 Å². The Morgan fingerprint density at radius 2 is 2.16 bits per heavy atom. The zero-order chi connectivity index (χ0) is 14.3. The third-order valence-corrected chi connectivity index (χ3v) is 2.61. The minimum absolute atomic E-state index is 0.0396. The number of hydrogen-bond acceptors (Lipinski definition) is 3. The highest BCUT2D eigenvalue weighted by Gasteiger charge is 2.11. The number of carbonyl (C=O) groups is 1. The first kappa shape index (κ1) is 15.4. The van der Waals surface area contributed by atoms with Gasteiger partial charge >= 0.3 is 0 Å². The summed E-state index contributed by atoms with van der Waals surface area (Å²) in [6.07, 6.45) is 0.984. The summed E-state index contributed by atoms with van der Waals surface area (Å²) in [6.45, 7) is 5.68. The molecule has 0 unspecified atom stereocenters. The van der Waals surface area contributed by atoms with Crippen LogP contribution in [0.15, 0.2) is 18.2 Å². The molecule has 1 aromatic carbocycles. The van der Waals surface area contributed by atoms with E-state index in [0.717, 1.165) is 6.42 Å². The van der Waals surface area contributed by atoms with Crippen LogP contribution in [0.5, 0.6) is 0 Å². The maximum absolute atomic E-state index is 13.4. The molecule has 0 fully saturated rings. The molecule has 0 bridgehead atoms. The van der Waals surface area contributed by atoms with Gasteiger partial charge in [0.25, 0.3) is 5.91 Å². The summed E-state index contributed by atoms with van der Waals surface area (Å²) >= 11 is 0. The lowest BCUT2D eigenvalue weighted by Gasteiger charge is -2.08. The number of hydrogen-bond donors (Lipinski definition) is 2. The summed E-state index contributed by atoms with van der Waals surface area (Å²) in [6, 6.07) is 3.93. The smallest absolute Gasteiger partial charge is 0.254 e. The number of rotatable bonds is 7. The van der Waals surface area contributed by atoms with E-state index in [2.05, 4.69) is 19.2 Å². The molecule has 0 radical (unpaired) electrons. The van der Waals surface area contributed by atoms with Crippen molar-refractivity contribution < 1.29 is 13.9 Å². The third kappa shape index (κ3) is 5.70. The third-order valence-electron chi connectivity index (χ3n) is 2.61. The number of amides is 1. The normalized spacial score (nSPS) is 10.7. The summed E-state index contributed by atoms with van der Waals surface area (Å²) < 4.78 is 18.7. The molecule has 0 atom stereocenters. The molecular formula is C14H21FN2O2. The molecule has 0 heterocycles. The molecule has 0 spiro atoms. The van der Waals surface area contributed by atoms with Crippen molar-refractivity contribution in [1.29, 1.82) is 0 Å². The maximum atomic E-state index is 13.4. The second-order valence-corrected chi connectivity index (χ2v) is 4.79. The highest BCUT2D eigenvalue weighted by Crippen LogP contribution is 2.11. The Balaban J connectivity index is 2.29. The van der Waals surface area contributed by atoms with Gasteiger partial charge in [-0.05, 0) is 30.5 Å². The standard InChI is InChI=1S/C14H21FN2O2/c1-10(2)5-7-19-8-6-17-14(18)12-9-11(16)3-4-13(12)15/h3-4,9-10H,5-8,16H2,1-2H3,(H,17,18). The van der Waals surface area contributed by atoms with Gasteiger partial charge < -0.3 is 15.8 Å². The molecule has 0 saturated heterocycles. The molecule has 4 nitrogen and oxygen atoms in total. The molecule has 106 valence electrons. The Hall–Kier alpha value is -1.62. The van der Waals surface area contributed by atoms with Gasteiger partial charge in [-0.25, -0.2) is 4.39 Å². The van der Waals surface area contributed by atoms with Crippen LogP contribution in [-0.2, 0) is 4.74 Å². The second kappa shape index (κ2) is 7.74. The lowest BCUT2D eigenvalue weighted by molar-refractivity contribution is 0.0902. The van der Waals surface area contributed by atoms with E-state index in [-0.39, 0.29) is 5.56 Å². The van der Waals surface area contributed by atoms with E-state index in [4.69, 9.17) is 10.5 Å². The van der Waals surface area contributed by atoms with Crippen molar-refractivity contribution in [2.75, 3.05) is 25.5 Å². The van der Waals surface area contributed by atoms with E-state index in [1.165, 1.54) is 18.2 Å². The first-order chi connectivity index (χ1) is 9.00. The van der Waals surface area contributed by atoms with E-state index in [0.29, 0.717) is 31.4 Å². The van der Waals surface area contributed by atoms with Crippen molar-refractivity contribution in [3.8, 4) is 0 Å². The van der Waals surface area contributed by atoms with Gasteiger partial charge in [-0.15, -0.1) is 0 Å². The van der Waals surface area contributed by atoms with Gasteiger partial charge in [-0.3, -0.25) is 4.79 Å². The molecule has 0 saturated carbocycles. The topological polar surface area (TPSA) is 64.3 Å². The number of nitrogen functional groups attached to an aromatic ring is 1. The second-order valence-electron chi connectivity index (χ2n) is 4.79. The van der Waals surface area contributed by atoms with Gasteiger partial charge in [0, 0.05) is 18.8 Å². The van der Waals surface area contributed by atoms with E-state index in [1.54, 1.807) is 0 Å². The zero-order valence-electron chi connectivity index (χ0n) is 11.4. The van der Waals surface area contributed by atoms with Crippen LogP contribution in [0.3, 0.4) is 0 Å². The van der Waals surface area contributed by atoms with Crippen LogP contribution in [0.4, 0.5) is 10.1 Å². The first-order valence-electron chi connectivity index (χ1n) is 6.41. The monoisotopic (exact) mass is 268 g/mol. The molecule has 0 aliphatic rings. The van der Waals surface area contributed by atoms with Crippen molar-refractivity contribution in [3.05, 3.63) is 29.6 Å². The maximum Gasteiger partial charge on any atom is 0.254 e. The molecule has 5 heteroatoms. The van der Waals surface area contributed by atoms with Crippen LogP contribution >= 0.6 is 0 Å². The van der Waals surface area contributed by atoms with Crippen molar-refractivity contribution >= 4 is 11.6 Å². The Morgan fingerprint density at radius 1 is 1.42 bits per heavy atom. The average Bonchev–Trinajstić information content (AvgIpc) is 2.36. The summed E-state index contributed by atoms with van der Waals surface area (Å²) in [4.78, 5) is 11.7. The van der Waals surface area contributed by atoms with E-state index >= 15 is 0 Å². The molecule has 0 aliphatic heterocycles. The first-order valence-corrected chi connectivity index (χ1v) is 6.41. The summed E-state index contributed by atoms with van der Waals surface area (Å²) in [5, 5.41) is 2.60. The van der Waals surface area contributed by atoms with Gasteiger partial charge in [-0.1, -0.05) is 13.8 Å². The van der Waals surface area contributed by atoms with Crippen LogP contribution in [-0.4, -0.2) is 25.7 Å². The van der Waals surface area contributed by atoms with Crippen LogP contribution in [0.25, 0.3) is 0 Å². The molecular weight excluding hydrogens is 247 g/mol. The molecule has 1 amide bonds. The fraction of sp³-hybridized carbons (Fsp3) is 0.500. The van der Waals surface area contributed by atoms with Crippen LogP contribution in [0, 0.1) is 11.7 Å². The molecule has 1 aromatic rings. The van der Waals surface area contributed by atoms with Gasteiger partial charge in [0.1, 0.15) is 5.82 Å². The number of benzene rings is 1. The van der Waals surface area contributed by atoms with Crippen molar-refractivity contribution in [2.45, 2.75) is 20.3 Å². The zero-order valence-corrected chi connectivity index (χ0v) is 11.4. The summed E-state index contributed by atoms with van der Waals surface area (Å²) in [5.74, 6) is -0.458. The summed E-state index contributed by atoms with van der Waals surface area (Å²) in [7, 11) is 0. The molecule has 0 aliphatic carbocycles. The molecule has 3 N–H and O–H groups in total. The lowest BCUT2D eigenvalue weighted by atomic mass is 10.1. The number of anilines is 1.